The molecule has 3 nitrogen and oxygen atoms in total. The highest BCUT2D eigenvalue weighted by Gasteiger charge is 2.34. The van der Waals surface area contributed by atoms with E-state index in [2.05, 4.69) is 42.3 Å². The highest BCUT2D eigenvalue weighted by Crippen LogP contribution is 2.36. The van der Waals surface area contributed by atoms with Gasteiger partial charge in [0.05, 0.1) is 6.04 Å². The maximum atomic E-state index is 5.77. The summed E-state index contributed by atoms with van der Waals surface area (Å²) in [5.41, 5.74) is 1.56. The van der Waals surface area contributed by atoms with Crippen LogP contribution in [-0.2, 0) is 0 Å². The molecule has 1 unspecified atom stereocenters. The van der Waals surface area contributed by atoms with E-state index < -0.39 is 0 Å². The fraction of sp³-hybridized carbons (Fsp3) is 0.571. The Morgan fingerprint density at radius 1 is 1.35 bits per heavy atom. The average molecular weight is 232 g/mol. The first kappa shape index (κ1) is 11.1. The quantitative estimate of drug-likeness (QED) is 0.799. The zero-order valence-electron chi connectivity index (χ0n) is 10.6. The topological polar surface area (TPSA) is 24.5 Å². The molecule has 3 rings (SSSR count). The zero-order valence-corrected chi connectivity index (χ0v) is 10.6. The van der Waals surface area contributed by atoms with Crippen molar-refractivity contribution in [2.45, 2.75) is 25.4 Å². The Morgan fingerprint density at radius 2 is 2.18 bits per heavy atom. The molecule has 1 aromatic carbocycles. The van der Waals surface area contributed by atoms with Crippen LogP contribution in [0, 0.1) is 0 Å². The van der Waals surface area contributed by atoms with Gasteiger partial charge in [0.25, 0.3) is 0 Å². The van der Waals surface area contributed by atoms with E-state index in [0.717, 1.165) is 32.0 Å². The second-order valence-electron chi connectivity index (χ2n) is 5.65. The summed E-state index contributed by atoms with van der Waals surface area (Å²) < 4.78 is 5.77. The first-order valence-corrected chi connectivity index (χ1v) is 6.36. The van der Waals surface area contributed by atoms with Crippen LogP contribution in [0.25, 0.3) is 0 Å². The zero-order chi connectivity index (χ0) is 11.9. The third-order valence-corrected chi connectivity index (χ3v) is 3.72. The molecule has 0 spiro atoms. The molecule has 1 saturated heterocycles. The number of rotatable bonds is 1. The number of ether oxygens (including phenoxy) is 1. The lowest BCUT2D eigenvalue weighted by atomic mass is 9.98. The smallest absolute Gasteiger partial charge is 0.124 e. The lowest BCUT2D eigenvalue weighted by Gasteiger charge is -2.41. The Bertz CT molecular complexity index is 416. The number of nitrogens with zero attached hydrogens (tertiary/aromatic N) is 1. The fourth-order valence-corrected chi connectivity index (χ4v) is 2.89. The van der Waals surface area contributed by atoms with Crippen molar-refractivity contribution in [2.75, 3.05) is 26.2 Å². The van der Waals surface area contributed by atoms with Gasteiger partial charge in [0.2, 0.25) is 0 Å². The van der Waals surface area contributed by atoms with E-state index in [1.165, 1.54) is 5.56 Å². The number of hydrogen-bond acceptors (Lipinski definition) is 3. The molecule has 2 aliphatic heterocycles. The monoisotopic (exact) mass is 232 g/mol. The molecular weight excluding hydrogens is 212 g/mol. The van der Waals surface area contributed by atoms with Crippen LogP contribution < -0.4 is 10.1 Å². The Hall–Kier alpha value is -1.06. The molecule has 92 valence electrons. The molecule has 0 amide bonds. The van der Waals surface area contributed by atoms with Crippen LogP contribution in [0.3, 0.4) is 0 Å². The molecule has 2 heterocycles. The van der Waals surface area contributed by atoms with Crippen LogP contribution in [0.5, 0.6) is 5.75 Å². The number of piperazine rings is 1. The van der Waals surface area contributed by atoms with Gasteiger partial charge in [0.1, 0.15) is 12.4 Å². The van der Waals surface area contributed by atoms with E-state index in [1.54, 1.807) is 0 Å². The minimum atomic E-state index is 0.204. The molecule has 17 heavy (non-hydrogen) atoms. The van der Waals surface area contributed by atoms with Crippen molar-refractivity contribution < 1.29 is 4.74 Å². The molecule has 1 fully saturated rings. The van der Waals surface area contributed by atoms with Crippen molar-refractivity contribution >= 4 is 0 Å². The van der Waals surface area contributed by atoms with Gasteiger partial charge in [-0.15, -0.1) is 0 Å². The molecule has 0 saturated carbocycles. The predicted octanol–water partition coefficient (Wildman–Crippen LogP) is 1.80. The summed E-state index contributed by atoms with van der Waals surface area (Å²) in [6.45, 7) is 8.57. The van der Waals surface area contributed by atoms with Gasteiger partial charge < -0.3 is 10.1 Å². The second kappa shape index (κ2) is 4.00. The maximum Gasteiger partial charge on any atom is 0.124 e. The summed E-state index contributed by atoms with van der Waals surface area (Å²) in [5.74, 6) is 1.06. The highest BCUT2D eigenvalue weighted by atomic mass is 16.5. The number of nitrogens with one attached hydrogen (secondary N) is 1. The van der Waals surface area contributed by atoms with Crippen molar-refractivity contribution in [3.63, 3.8) is 0 Å². The van der Waals surface area contributed by atoms with Crippen molar-refractivity contribution in [1.29, 1.82) is 0 Å². The Labute approximate surface area is 103 Å². The number of fused-ring (bicyclic) bond motifs is 1. The number of para-hydroxylation sites is 1. The van der Waals surface area contributed by atoms with E-state index in [0.29, 0.717) is 6.04 Å². The van der Waals surface area contributed by atoms with E-state index >= 15 is 0 Å². The van der Waals surface area contributed by atoms with Gasteiger partial charge in [-0.2, -0.15) is 0 Å². The molecule has 0 bridgehead atoms. The van der Waals surface area contributed by atoms with E-state index in [-0.39, 0.29) is 5.54 Å². The summed E-state index contributed by atoms with van der Waals surface area (Å²) >= 11 is 0. The van der Waals surface area contributed by atoms with Gasteiger partial charge in [0.15, 0.2) is 0 Å². The van der Waals surface area contributed by atoms with E-state index in [1.807, 2.05) is 6.07 Å². The molecule has 0 aromatic heterocycles. The van der Waals surface area contributed by atoms with Gasteiger partial charge in [0, 0.05) is 30.7 Å². The van der Waals surface area contributed by atoms with E-state index in [4.69, 9.17) is 4.74 Å². The first-order chi connectivity index (χ1) is 8.16. The highest BCUT2D eigenvalue weighted by molar-refractivity contribution is 5.39. The largest absolute Gasteiger partial charge is 0.491 e. The predicted molar refractivity (Wildman–Crippen MR) is 68.3 cm³/mol. The molecule has 1 atom stereocenters. The normalized spacial score (nSPS) is 27.5. The number of benzene rings is 1. The molecule has 1 aromatic rings. The minimum Gasteiger partial charge on any atom is -0.491 e. The third-order valence-electron chi connectivity index (χ3n) is 3.72. The third kappa shape index (κ3) is 2.05. The standard InChI is InChI=1S/C14H20N2O/c1-14(2)10-16(8-7-15-14)12-9-17-13-6-4-3-5-11(12)13/h3-6,12,15H,7-10H2,1-2H3. The molecule has 1 N–H and O–H groups in total. The number of hydrogen-bond donors (Lipinski definition) is 1. The molecule has 3 heteroatoms. The van der Waals surface area contributed by atoms with Gasteiger partial charge in [-0.3, -0.25) is 4.90 Å². The fourth-order valence-electron chi connectivity index (χ4n) is 2.89. The minimum absolute atomic E-state index is 0.204. The van der Waals surface area contributed by atoms with Crippen LogP contribution in [0.15, 0.2) is 24.3 Å². The van der Waals surface area contributed by atoms with E-state index in [9.17, 15) is 0 Å². The summed E-state index contributed by atoms with van der Waals surface area (Å²) in [6.07, 6.45) is 0. The maximum absolute atomic E-state index is 5.77. The first-order valence-electron chi connectivity index (χ1n) is 6.36. The van der Waals surface area contributed by atoms with Crippen molar-refractivity contribution in [3.05, 3.63) is 29.8 Å². The van der Waals surface area contributed by atoms with Crippen LogP contribution in [0.1, 0.15) is 25.5 Å². The lowest BCUT2D eigenvalue weighted by molar-refractivity contribution is 0.0946. The van der Waals surface area contributed by atoms with Gasteiger partial charge >= 0.3 is 0 Å². The summed E-state index contributed by atoms with van der Waals surface area (Å²) in [5, 5.41) is 3.55. The molecule has 2 aliphatic rings. The van der Waals surface area contributed by atoms with Crippen LogP contribution in [0.4, 0.5) is 0 Å². The van der Waals surface area contributed by atoms with Crippen LogP contribution in [-0.4, -0.2) is 36.7 Å². The summed E-state index contributed by atoms with van der Waals surface area (Å²) in [7, 11) is 0. The van der Waals surface area contributed by atoms with Gasteiger partial charge in [-0.1, -0.05) is 18.2 Å². The Balaban J connectivity index is 1.82. The van der Waals surface area contributed by atoms with Crippen molar-refractivity contribution in [2.24, 2.45) is 0 Å². The molecule has 0 aliphatic carbocycles. The van der Waals surface area contributed by atoms with Gasteiger partial charge in [-0.05, 0) is 19.9 Å². The Kier molecular flexibility index (Phi) is 2.60. The second-order valence-corrected chi connectivity index (χ2v) is 5.65. The molecule has 0 radical (unpaired) electrons. The molecular formula is C14H20N2O. The average Bonchev–Trinajstić information content (AvgIpc) is 2.71. The van der Waals surface area contributed by atoms with Gasteiger partial charge in [-0.25, -0.2) is 0 Å². The Morgan fingerprint density at radius 3 is 3.00 bits per heavy atom. The summed E-state index contributed by atoms with van der Waals surface area (Å²) in [6, 6.07) is 8.86. The lowest BCUT2D eigenvalue weighted by Crippen LogP contribution is -2.57. The van der Waals surface area contributed by atoms with Crippen LogP contribution >= 0.6 is 0 Å². The summed E-state index contributed by atoms with van der Waals surface area (Å²) in [4.78, 5) is 2.54. The van der Waals surface area contributed by atoms with Crippen LogP contribution in [0.2, 0.25) is 0 Å². The SMILES string of the molecule is CC1(C)CN(C2COc3ccccc32)CCN1. The van der Waals surface area contributed by atoms with Crippen molar-refractivity contribution in [1.82, 2.24) is 10.2 Å². The van der Waals surface area contributed by atoms with Crippen molar-refractivity contribution in [3.8, 4) is 5.75 Å².